The molecular weight excluding hydrogens is 918 g/mol. The first-order chi connectivity index (χ1) is 36.7. The van der Waals surface area contributed by atoms with Crippen LogP contribution >= 0.6 is 11.3 Å². The van der Waals surface area contributed by atoms with Gasteiger partial charge < -0.3 is 24.0 Å². The normalized spacial score (nSPS) is 13.8. The molecule has 0 spiro atoms. The molecule has 0 N–H and O–H groups in total. The molecule has 0 unspecified atom stereocenters. The number of furan rings is 1. The van der Waals surface area contributed by atoms with E-state index in [0.29, 0.717) is 0 Å². The summed E-state index contributed by atoms with van der Waals surface area (Å²) in [6.45, 7) is -0.0291. The van der Waals surface area contributed by atoms with Crippen LogP contribution in [0.15, 0.2) is 247 Å². The van der Waals surface area contributed by atoms with Gasteiger partial charge in [-0.05, 0) is 142 Å². The van der Waals surface area contributed by atoms with E-state index in [-0.39, 0.29) is 13.4 Å². The fraction of sp³-hybridized carbons (Fsp3) is 0. The minimum atomic E-state index is -0.0557. The number of fused-ring (bicyclic) bond motifs is 14. The largest absolute Gasteiger partial charge is 0.456 e. The van der Waals surface area contributed by atoms with E-state index in [0.717, 1.165) is 50.4 Å². The second kappa shape index (κ2) is 15.2. The van der Waals surface area contributed by atoms with E-state index < -0.39 is 0 Å². The summed E-state index contributed by atoms with van der Waals surface area (Å²) in [6.07, 6.45) is 0. The standard InChI is InChI=1S/C66H40B2N4OS/c1-5-19-41(20-6-1)69-53-29-15-14-28-49(53)67-51-38-63-47(36-58(51)70(42-21-7-2-8-22-42)55-31-17-30-54(69)65(55)67)48-37-59-52(39-64(48)74-63)68-50-35-46-45-27-13-16-34-61(45)73-62(46)40-60(50)72(44-25-11-4-12-26-44)57-33-18-32-56(66(57)68)71(59)43-23-9-3-10-24-43/h1-40H. The van der Waals surface area contributed by atoms with Crippen LogP contribution in [0.25, 0.3) is 42.1 Å². The minimum absolute atomic E-state index is 0.0266. The zero-order valence-electron chi connectivity index (χ0n) is 39.9. The Morgan fingerprint density at radius 2 is 0.662 bits per heavy atom. The number of benzene rings is 11. The summed E-state index contributed by atoms with van der Waals surface area (Å²) >= 11 is 1.92. The van der Waals surface area contributed by atoms with Crippen molar-refractivity contribution in [3.63, 3.8) is 0 Å². The average molecular weight is 959 g/mol. The summed E-state index contributed by atoms with van der Waals surface area (Å²) in [5.41, 5.74) is 23.7. The molecule has 11 aromatic carbocycles. The molecule has 342 valence electrons. The lowest BCUT2D eigenvalue weighted by molar-refractivity contribution is 0.669. The zero-order chi connectivity index (χ0) is 48.2. The number of rotatable bonds is 4. The first kappa shape index (κ1) is 40.4. The number of para-hydroxylation sites is 6. The van der Waals surface area contributed by atoms with Gasteiger partial charge in [-0.3, -0.25) is 0 Å². The SMILES string of the molecule is c1ccc(N2c3ccccc3B3c4cc5sc6cc7c(cc6c5cc4N(c4ccccc4)c4cccc2c43)N(c2ccccc2)c2cccc3c2B7c2cc4c(cc2N3c2ccccc2)oc2ccccc24)cc1. The van der Waals surface area contributed by atoms with Gasteiger partial charge in [-0.2, -0.15) is 0 Å². The lowest BCUT2D eigenvalue weighted by Gasteiger charge is -2.44. The van der Waals surface area contributed by atoms with Gasteiger partial charge in [0, 0.05) is 105 Å². The molecule has 0 saturated heterocycles. The Kier molecular flexibility index (Phi) is 8.27. The molecule has 0 radical (unpaired) electrons. The third kappa shape index (κ3) is 5.50. The van der Waals surface area contributed by atoms with Crippen molar-refractivity contribution in [2.45, 2.75) is 0 Å². The van der Waals surface area contributed by atoms with E-state index >= 15 is 0 Å². The number of thiophene rings is 1. The highest BCUT2D eigenvalue weighted by Gasteiger charge is 2.46. The predicted octanol–water partition coefficient (Wildman–Crippen LogP) is 14.1. The van der Waals surface area contributed by atoms with Gasteiger partial charge >= 0.3 is 0 Å². The number of hydrogen-bond donors (Lipinski definition) is 0. The molecule has 8 heteroatoms. The van der Waals surface area contributed by atoms with Gasteiger partial charge in [0.15, 0.2) is 0 Å². The van der Waals surface area contributed by atoms with Crippen LogP contribution in [0.1, 0.15) is 0 Å². The monoisotopic (exact) mass is 958 g/mol. The second-order valence-corrected chi connectivity index (χ2v) is 21.0. The zero-order valence-corrected chi connectivity index (χ0v) is 40.7. The van der Waals surface area contributed by atoms with Crippen molar-refractivity contribution < 1.29 is 4.42 Å². The molecule has 5 nitrogen and oxygen atoms in total. The Morgan fingerprint density at radius 3 is 1.18 bits per heavy atom. The fourth-order valence-electron chi connectivity index (χ4n) is 13.2. The van der Waals surface area contributed by atoms with Crippen molar-refractivity contribution in [1.82, 2.24) is 0 Å². The molecule has 0 bridgehead atoms. The summed E-state index contributed by atoms with van der Waals surface area (Å²) < 4.78 is 9.23. The van der Waals surface area contributed by atoms with Crippen LogP contribution < -0.4 is 52.4 Å². The topological polar surface area (TPSA) is 26.1 Å². The molecule has 13 aromatic rings. The molecule has 0 saturated carbocycles. The van der Waals surface area contributed by atoms with Crippen molar-refractivity contribution in [1.29, 1.82) is 0 Å². The lowest BCUT2D eigenvalue weighted by Crippen LogP contribution is -2.61. The maximum Gasteiger partial charge on any atom is 0.252 e. The Hall–Kier alpha value is -9.23. The molecule has 74 heavy (non-hydrogen) atoms. The Morgan fingerprint density at radius 1 is 0.270 bits per heavy atom. The maximum absolute atomic E-state index is 6.66. The van der Waals surface area contributed by atoms with Crippen molar-refractivity contribution in [3.8, 4) is 0 Å². The Bertz CT molecular complexity index is 4480. The first-order valence-electron chi connectivity index (χ1n) is 25.5. The smallest absolute Gasteiger partial charge is 0.252 e. The summed E-state index contributed by atoms with van der Waals surface area (Å²) in [4.78, 5) is 9.97. The lowest BCUT2D eigenvalue weighted by atomic mass is 9.33. The number of hydrogen-bond acceptors (Lipinski definition) is 6. The van der Waals surface area contributed by atoms with Crippen LogP contribution in [0, 0.1) is 0 Å². The highest BCUT2D eigenvalue weighted by atomic mass is 32.1. The molecule has 6 heterocycles. The van der Waals surface area contributed by atoms with Crippen LogP contribution in [0.4, 0.5) is 68.2 Å². The van der Waals surface area contributed by atoms with Gasteiger partial charge in [-0.15, -0.1) is 11.3 Å². The van der Waals surface area contributed by atoms with Gasteiger partial charge in [0.2, 0.25) is 0 Å². The van der Waals surface area contributed by atoms with E-state index in [2.05, 4.69) is 262 Å². The predicted molar refractivity (Wildman–Crippen MR) is 315 cm³/mol. The van der Waals surface area contributed by atoms with Crippen molar-refractivity contribution >= 4 is 168 Å². The van der Waals surface area contributed by atoms with Gasteiger partial charge in [0.1, 0.15) is 11.2 Å². The highest BCUT2D eigenvalue weighted by Crippen LogP contribution is 2.50. The second-order valence-electron chi connectivity index (χ2n) is 20.0. The van der Waals surface area contributed by atoms with Crippen LogP contribution in [0.5, 0.6) is 0 Å². The molecule has 0 atom stereocenters. The van der Waals surface area contributed by atoms with Crippen LogP contribution in [0.2, 0.25) is 0 Å². The van der Waals surface area contributed by atoms with Gasteiger partial charge in [0.25, 0.3) is 13.4 Å². The molecule has 0 aliphatic carbocycles. The van der Waals surface area contributed by atoms with E-state index in [9.17, 15) is 0 Å². The van der Waals surface area contributed by atoms with Crippen LogP contribution in [-0.2, 0) is 0 Å². The summed E-state index contributed by atoms with van der Waals surface area (Å²) in [5, 5.41) is 4.79. The van der Waals surface area contributed by atoms with Crippen molar-refractivity contribution in [2.24, 2.45) is 0 Å². The van der Waals surface area contributed by atoms with Crippen molar-refractivity contribution in [3.05, 3.63) is 243 Å². The summed E-state index contributed by atoms with van der Waals surface area (Å²) in [6, 6.07) is 89.7. The molecule has 4 aliphatic rings. The molecule has 0 amide bonds. The van der Waals surface area contributed by atoms with Gasteiger partial charge in [0.05, 0.1) is 0 Å². The molecule has 4 aliphatic heterocycles. The molecule has 2 aromatic heterocycles. The number of anilines is 12. The maximum atomic E-state index is 6.66. The minimum Gasteiger partial charge on any atom is -0.456 e. The molecule has 17 rings (SSSR count). The Balaban J connectivity index is 0.944. The number of nitrogens with zero attached hydrogens (tertiary/aromatic N) is 4. The third-order valence-corrected chi connectivity index (χ3v) is 17.3. The average Bonchev–Trinajstić information content (AvgIpc) is 4.09. The fourth-order valence-corrected chi connectivity index (χ4v) is 14.4. The molecular formula is C66H40B2N4OS. The quantitative estimate of drug-likeness (QED) is 0.164. The summed E-state index contributed by atoms with van der Waals surface area (Å²) in [7, 11) is 0. The van der Waals surface area contributed by atoms with E-state index in [1.807, 2.05) is 11.3 Å². The van der Waals surface area contributed by atoms with Crippen molar-refractivity contribution in [2.75, 3.05) is 19.6 Å². The van der Waals surface area contributed by atoms with Gasteiger partial charge in [-0.1, -0.05) is 127 Å². The molecule has 0 fully saturated rings. The highest BCUT2D eigenvalue weighted by molar-refractivity contribution is 7.26. The van der Waals surface area contributed by atoms with E-state index in [1.54, 1.807) is 0 Å². The first-order valence-corrected chi connectivity index (χ1v) is 26.3. The van der Waals surface area contributed by atoms with Gasteiger partial charge in [-0.25, -0.2) is 0 Å². The van der Waals surface area contributed by atoms with Crippen LogP contribution in [0.3, 0.4) is 0 Å². The van der Waals surface area contributed by atoms with E-state index in [4.69, 9.17) is 4.42 Å². The third-order valence-electron chi connectivity index (χ3n) is 16.2. The summed E-state index contributed by atoms with van der Waals surface area (Å²) in [5.74, 6) is 0. The van der Waals surface area contributed by atoms with Crippen LogP contribution in [-0.4, -0.2) is 13.4 Å². The van der Waals surface area contributed by atoms with E-state index in [1.165, 1.54) is 92.8 Å². The Labute approximate surface area is 432 Å².